The van der Waals surface area contributed by atoms with Crippen molar-refractivity contribution in [2.45, 2.75) is 38.8 Å². The van der Waals surface area contributed by atoms with E-state index in [9.17, 15) is 32.9 Å². The Bertz CT molecular complexity index is 869. The Hall–Kier alpha value is -2.85. The number of hydrogen-bond donors (Lipinski definition) is 0. The molecule has 8 nitrogen and oxygen atoms in total. The van der Waals surface area contributed by atoms with Crippen LogP contribution in [0.4, 0.5) is 24.5 Å². The zero-order chi connectivity index (χ0) is 23.5. The van der Waals surface area contributed by atoms with Crippen LogP contribution in [0.2, 0.25) is 0 Å². The van der Waals surface area contributed by atoms with Gasteiger partial charge in [0.05, 0.1) is 16.4 Å². The second-order valence-corrected chi connectivity index (χ2v) is 8.20. The minimum atomic E-state index is -4.67. The van der Waals surface area contributed by atoms with Gasteiger partial charge >= 0.3 is 6.18 Å². The molecule has 2 aliphatic rings. The Balaban J connectivity index is 1.64. The molecule has 2 saturated heterocycles. The number of benzene rings is 1. The van der Waals surface area contributed by atoms with Gasteiger partial charge in [-0.3, -0.25) is 19.7 Å². The lowest BCUT2D eigenvalue weighted by Gasteiger charge is -2.39. The van der Waals surface area contributed by atoms with Gasteiger partial charge in [-0.05, 0) is 31.4 Å². The van der Waals surface area contributed by atoms with Gasteiger partial charge in [0.1, 0.15) is 5.69 Å². The van der Waals surface area contributed by atoms with Gasteiger partial charge in [0, 0.05) is 51.8 Å². The van der Waals surface area contributed by atoms with E-state index in [0.717, 1.165) is 25.0 Å². The van der Waals surface area contributed by atoms with E-state index in [1.165, 1.54) is 0 Å². The lowest BCUT2D eigenvalue weighted by atomic mass is 9.95. The second kappa shape index (κ2) is 9.74. The largest absolute Gasteiger partial charge is 0.416 e. The van der Waals surface area contributed by atoms with Crippen molar-refractivity contribution >= 4 is 23.2 Å². The summed E-state index contributed by atoms with van der Waals surface area (Å²) in [5, 5.41) is 11.4. The molecule has 0 saturated carbocycles. The van der Waals surface area contributed by atoms with Crippen molar-refractivity contribution in [3.63, 3.8) is 0 Å². The van der Waals surface area contributed by atoms with Crippen molar-refractivity contribution < 1.29 is 27.7 Å². The Morgan fingerprint density at radius 3 is 2.41 bits per heavy atom. The number of halogens is 3. The summed E-state index contributed by atoms with van der Waals surface area (Å²) in [5.41, 5.74) is -1.55. The summed E-state index contributed by atoms with van der Waals surface area (Å²) in [6.45, 7) is 4.19. The minimum Gasteiger partial charge on any atom is -0.362 e. The normalized spacial score (nSPS) is 19.8. The molecule has 0 aliphatic carbocycles. The molecule has 2 aliphatic heterocycles. The SMILES string of the molecule is CCCC(=O)N1CCCC(C(=O)N2CCN(c3ccc(C(F)(F)F)cc3[N+](=O)[O-])CC2)C1. The average Bonchev–Trinajstić information content (AvgIpc) is 2.78. The molecule has 0 aromatic heterocycles. The molecule has 2 fully saturated rings. The van der Waals surface area contributed by atoms with E-state index < -0.39 is 22.4 Å². The summed E-state index contributed by atoms with van der Waals surface area (Å²) in [6, 6.07) is 2.51. The fraction of sp³-hybridized carbons (Fsp3) is 0.619. The summed E-state index contributed by atoms with van der Waals surface area (Å²) in [4.78, 5) is 40.8. The van der Waals surface area contributed by atoms with Gasteiger partial charge in [-0.1, -0.05) is 6.92 Å². The number of alkyl halides is 3. The maximum Gasteiger partial charge on any atom is 0.416 e. The van der Waals surface area contributed by atoms with Crippen LogP contribution in [-0.4, -0.2) is 65.8 Å². The number of hydrogen-bond acceptors (Lipinski definition) is 5. The highest BCUT2D eigenvalue weighted by Crippen LogP contribution is 2.37. The number of piperazine rings is 1. The summed E-state index contributed by atoms with van der Waals surface area (Å²) in [6.07, 6.45) is -1.97. The van der Waals surface area contributed by atoms with Crippen LogP contribution in [0.15, 0.2) is 18.2 Å². The number of nitro groups is 1. The molecular weight excluding hydrogens is 429 g/mol. The van der Waals surface area contributed by atoms with E-state index in [0.29, 0.717) is 45.1 Å². The molecule has 2 amide bonds. The minimum absolute atomic E-state index is 0.0411. The van der Waals surface area contributed by atoms with E-state index >= 15 is 0 Å². The van der Waals surface area contributed by atoms with Gasteiger partial charge in [-0.2, -0.15) is 13.2 Å². The monoisotopic (exact) mass is 456 g/mol. The number of piperidine rings is 1. The first-order valence-corrected chi connectivity index (χ1v) is 10.8. The molecular formula is C21H27F3N4O4. The van der Waals surface area contributed by atoms with Crippen molar-refractivity contribution in [1.82, 2.24) is 9.80 Å². The highest BCUT2D eigenvalue weighted by Gasteiger charge is 2.36. The van der Waals surface area contributed by atoms with Gasteiger partial charge in [0.15, 0.2) is 0 Å². The Morgan fingerprint density at radius 2 is 1.81 bits per heavy atom. The van der Waals surface area contributed by atoms with Crippen LogP contribution in [0.5, 0.6) is 0 Å². The highest BCUT2D eigenvalue weighted by atomic mass is 19.4. The summed E-state index contributed by atoms with van der Waals surface area (Å²) < 4.78 is 38.8. The van der Waals surface area contributed by atoms with Crippen LogP contribution in [0.3, 0.4) is 0 Å². The number of amides is 2. The average molecular weight is 456 g/mol. The predicted molar refractivity (Wildman–Crippen MR) is 111 cm³/mol. The van der Waals surface area contributed by atoms with Crippen LogP contribution < -0.4 is 4.90 Å². The molecule has 176 valence electrons. The van der Waals surface area contributed by atoms with Gasteiger partial charge < -0.3 is 14.7 Å². The van der Waals surface area contributed by atoms with Crippen molar-refractivity contribution in [2.75, 3.05) is 44.2 Å². The van der Waals surface area contributed by atoms with E-state index in [1.54, 1.807) is 14.7 Å². The number of carbonyl (C=O) groups is 2. The molecule has 1 aromatic rings. The molecule has 1 atom stereocenters. The lowest BCUT2D eigenvalue weighted by Crippen LogP contribution is -2.53. The number of nitro benzene ring substituents is 1. The first-order chi connectivity index (χ1) is 15.1. The zero-order valence-corrected chi connectivity index (χ0v) is 17.9. The summed E-state index contributed by atoms with van der Waals surface area (Å²) in [7, 11) is 0. The maximum absolute atomic E-state index is 13.0. The number of carbonyl (C=O) groups excluding carboxylic acids is 2. The Morgan fingerprint density at radius 1 is 1.12 bits per heavy atom. The Kier molecular flexibility index (Phi) is 7.25. The molecule has 0 spiro atoms. The molecule has 32 heavy (non-hydrogen) atoms. The number of nitrogens with zero attached hydrogens (tertiary/aromatic N) is 4. The lowest BCUT2D eigenvalue weighted by molar-refractivity contribution is -0.384. The topological polar surface area (TPSA) is 87.0 Å². The maximum atomic E-state index is 13.0. The molecule has 1 aromatic carbocycles. The second-order valence-electron chi connectivity index (χ2n) is 8.20. The molecule has 3 rings (SSSR count). The van der Waals surface area contributed by atoms with Gasteiger partial charge in [0.25, 0.3) is 5.69 Å². The standard InChI is InChI=1S/C21H27F3N4O4/c1-2-4-19(29)27-8-3-5-15(14-27)20(30)26-11-9-25(10-12-26)17-7-6-16(21(22,23)24)13-18(17)28(31)32/h6-7,13,15H,2-5,8-12,14H2,1H3. The zero-order valence-electron chi connectivity index (χ0n) is 17.9. The van der Waals surface area contributed by atoms with E-state index in [1.807, 2.05) is 6.92 Å². The van der Waals surface area contributed by atoms with Gasteiger partial charge in [-0.15, -0.1) is 0 Å². The van der Waals surface area contributed by atoms with Gasteiger partial charge in [0.2, 0.25) is 11.8 Å². The van der Waals surface area contributed by atoms with Crippen LogP contribution in [0.25, 0.3) is 0 Å². The van der Waals surface area contributed by atoms with Crippen molar-refractivity contribution in [2.24, 2.45) is 5.92 Å². The molecule has 1 unspecified atom stereocenters. The fourth-order valence-corrected chi connectivity index (χ4v) is 4.32. The summed E-state index contributed by atoms with van der Waals surface area (Å²) in [5.74, 6) is -0.249. The van der Waals surface area contributed by atoms with Gasteiger partial charge in [-0.25, -0.2) is 0 Å². The fourth-order valence-electron chi connectivity index (χ4n) is 4.32. The molecule has 2 heterocycles. The smallest absolute Gasteiger partial charge is 0.362 e. The predicted octanol–water partition coefficient (Wildman–Crippen LogP) is 3.30. The van der Waals surface area contributed by atoms with E-state index in [-0.39, 0.29) is 36.5 Å². The highest BCUT2D eigenvalue weighted by molar-refractivity contribution is 5.82. The molecule has 0 N–H and O–H groups in total. The van der Waals surface area contributed by atoms with E-state index in [2.05, 4.69) is 0 Å². The van der Waals surface area contributed by atoms with Crippen molar-refractivity contribution in [3.8, 4) is 0 Å². The molecule has 0 bridgehead atoms. The Labute approximate surface area is 184 Å². The number of rotatable bonds is 5. The summed E-state index contributed by atoms with van der Waals surface area (Å²) >= 11 is 0. The van der Waals surface area contributed by atoms with Crippen molar-refractivity contribution in [1.29, 1.82) is 0 Å². The third-order valence-corrected chi connectivity index (χ3v) is 6.02. The first kappa shape index (κ1) is 23.8. The third kappa shape index (κ3) is 5.31. The van der Waals surface area contributed by atoms with Crippen molar-refractivity contribution in [3.05, 3.63) is 33.9 Å². The quantitative estimate of drug-likeness (QED) is 0.501. The van der Waals surface area contributed by atoms with Crippen LogP contribution in [0.1, 0.15) is 38.2 Å². The van der Waals surface area contributed by atoms with Crippen LogP contribution in [0, 0.1) is 16.0 Å². The molecule has 11 heteroatoms. The number of anilines is 1. The van der Waals surface area contributed by atoms with Crippen LogP contribution in [-0.2, 0) is 15.8 Å². The first-order valence-electron chi connectivity index (χ1n) is 10.8. The third-order valence-electron chi connectivity index (χ3n) is 6.02. The van der Waals surface area contributed by atoms with Crippen LogP contribution >= 0.6 is 0 Å². The number of likely N-dealkylation sites (tertiary alicyclic amines) is 1. The van der Waals surface area contributed by atoms with E-state index in [4.69, 9.17) is 0 Å². The molecule has 0 radical (unpaired) electrons.